The molecule has 0 radical (unpaired) electrons. The van der Waals surface area contributed by atoms with Gasteiger partial charge in [0.1, 0.15) is 18.3 Å². The van der Waals surface area contributed by atoms with Gasteiger partial charge < -0.3 is 14.9 Å². The summed E-state index contributed by atoms with van der Waals surface area (Å²) in [4.78, 5) is 10.8. The van der Waals surface area contributed by atoms with Gasteiger partial charge in [-0.15, -0.1) is 0 Å². The van der Waals surface area contributed by atoms with Crippen LogP contribution in [-0.4, -0.2) is 22.8 Å². The van der Waals surface area contributed by atoms with Gasteiger partial charge in [0.25, 0.3) is 0 Å². The second-order valence-corrected chi connectivity index (χ2v) is 3.69. The second kappa shape index (κ2) is 3.55. The standard InChI is InChI=1S/C11H12O4/c1-6-3-2-4-7-9(12)8(11(13)14)5-15-10(6)7/h2-4,8-9,12H,5H2,1H3,(H,13,14). The van der Waals surface area contributed by atoms with Crippen LogP contribution in [0.25, 0.3) is 0 Å². The highest BCUT2D eigenvalue weighted by Gasteiger charge is 2.34. The Bertz CT molecular complexity index is 400. The summed E-state index contributed by atoms with van der Waals surface area (Å²) in [6.07, 6.45) is -0.980. The van der Waals surface area contributed by atoms with Crippen LogP contribution in [0.15, 0.2) is 18.2 Å². The van der Waals surface area contributed by atoms with Gasteiger partial charge in [-0.05, 0) is 12.5 Å². The third kappa shape index (κ3) is 1.57. The normalized spacial score (nSPS) is 24.1. The summed E-state index contributed by atoms with van der Waals surface area (Å²) in [7, 11) is 0. The third-order valence-corrected chi connectivity index (χ3v) is 2.67. The summed E-state index contributed by atoms with van der Waals surface area (Å²) in [5.74, 6) is -1.29. The lowest BCUT2D eigenvalue weighted by molar-refractivity contribution is -0.148. The van der Waals surface area contributed by atoms with Gasteiger partial charge >= 0.3 is 5.97 Å². The number of para-hydroxylation sites is 1. The highest BCUT2D eigenvalue weighted by atomic mass is 16.5. The van der Waals surface area contributed by atoms with E-state index in [9.17, 15) is 9.90 Å². The number of aliphatic hydroxyl groups is 1. The molecule has 0 bridgehead atoms. The Hall–Kier alpha value is -1.55. The number of rotatable bonds is 1. The Kier molecular flexibility index (Phi) is 2.36. The first-order valence-electron chi connectivity index (χ1n) is 4.74. The van der Waals surface area contributed by atoms with Crippen molar-refractivity contribution in [2.24, 2.45) is 5.92 Å². The van der Waals surface area contributed by atoms with Crippen molar-refractivity contribution in [3.05, 3.63) is 29.3 Å². The van der Waals surface area contributed by atoms with Gasteiger partial charge in [-0.3, -0.25) is 4.79 Å². The Morgan fingerprint density at radius 2 is 2.27 bits per heavy atom. The van der Waals surface area contributed by atoms with E-state index < -0.39 is 18.0 Å². The average molecular weight is 208 g/mol. The molecule has 0 amide bonds. The fourth-order valence-electron chi connectivity index (χ4n) is 1.79. The second-order valence-electron chi connectivity index (χ2n) is 3.69. The molecular weight excluding hydrogens is 196 g/mol. The Morgan fingerprint density at radius 1 is 1.53 bits per heavy atom. The molecule has 15 heavy (non-hydrogen) atoms. The molecule has 0 spiro atoms. The van der Waals surface area contributed by atoms with Crippen molar-refractivity contribution in [1.29, 1.82) is 0 Å². The minimum atomic E-state index is -1.03. The van der Waals surface area contributed by atoms with E-state index in [-0.39, 0.29) is 6.61 Å². The molecule has 4 heteroatoms. The number of carboxylic acids is 1. The lowest BCUT2D eigenvalue weighted by Gasteiger charge is -2.28. The van der Waals surface area contributed by atoms with Crippen LogP contribution >= 0.6 is 0 Å². The molecule has 1 aliphatic rings. The first kappa shape index (κ1) is 9.98. The smallest absolute Gasteiger partial charge is 0.313 e. The van der Waals surface area contributed by atoms with Crippen LogP contribution in [0.4, 0.5) is 0 Å². The molecule has 80 valence electrons. The minimum absolute atomic E-state index is 0.0222. The monoisotopic (exact) mass is 208 g/mol. The number of ether oxygens (including phenoxy) is 1. The summed E-state index contributed by atoms with van der Waals surface area (Å²) in [5.41, 5.74) is 1.48. The van der Waals surface area contributed by atoms with Crippen molar-refractivity contribution >= 4 is 5.97 Å². The molecule has 1 heterocycles. The van der Waals surface area contributed by atoms with Gasteiger partial charge in [0, 0.05) is 5.56 Å². The average Bonchev–Trinajstić information content (AvgIpc) is 2.19. The molecule has 2 N–H and O–H groups in total. The summed E-state index contributed by atoms with van der Waals surface area (Å²) >= 11 is 0. The molecule has 0 aromatic heterocycles. The molecule has 1 aromatic carbocycles. The molecule has 0 aliphatic carbocycles. The van der Waals surface area contributed by atoms with Crippen LogP contribution in [0, 0.1) is 12.8 Å². The SMILES string of the molecule is Cc1cccc2c1OCC(C(=O)O)C2O. The molecule has 2 unspecified atom stereocenters. The van der Waals surface area contributed by atoms with Crippen molar-refractivity contribution in [2.75, 3.05) is 6.61 Å². The molecule has 4 nitrogen and oxygen atoms in total. The van der Waals surface area contributed by atoms with E-state index in [4.69, 9.17) is 9.84 Å². The van der Waals surface area contributed by atoms with Crippen LogP contribution in [-0.2, 0) is 4.79 Å². The maximum absolute atomic E-state index is 10.8. The number of aliphatic hydroxyl groups excluding tert-OH is 1. The summed E-state index contributed by atoms with van der Waals surface area (Å²) in [5, 5.41) is 18.7. The van der Waals surface area contributed by atoms with Crippen molar-refractivity contribution in [1.82, 2.24) is 0 Å². The number of carbonyl (C=O) groups is 1. The van der Waals surface area contributed by atoms with Crippen LogP contribution in [0.1, 0.15) is 17.2 Å². The van der Waals surface area contributed by atoms with Crippen LogP contribution in [0.2, 0.25) is 0 Å². The first-order valence-corrected chi connectivity index (χ1v) is 4.74. The maximum atomic E-state index is 10.8. The largest absolute Gasteiger partial charge is 0.492 e. The topological polar surface area (TPSA) is 66.8 Å². The summed E-state index contributed by atoms with van der Waals surface area (Å²) in [6, 6.07) is 5.35. The van der Waals surface area contributed by atoms with E-state index in [2.05, 4.69) is 0 Å². The van der Waals surface area contributed by atoms with Crippen LogP contribution in [0.5, 0.6) is 5.75 Å². The van der Waals surface area contributed by atoms with E-state index in [1.54, 1.807) is 12.1 Å². The van der Waals surface area contributed by atoms with Gasteiger partial charge in [-0.1, -0.05) is 18.2 Å². The van der Waals surface area contributed by atoms with E-state index in [0.717, 1.165) is 5.56 Å². The molecule has 0 saturated carbocycles. The molecule has 0 saturated heterocycles. The fraction of sp³-hybridized carbons (Fsp3) is 0.364. The lowest BCUT2D eigenvalue weighted by Crippen LogP contribution is -2.32. The van der Waals surface area contributed by atoms with E-state index in [0.29, 0.717) is 11.3 Å². The van der Waals surface area contributed by atoms with E-state index in [1.165, 1.54) is 0 Å². The lowest BCUT2D eigenvalue weighted by atomic mass is 9.92. The zero-order chi connectivity index (χ0) is 11.0. The van der Waals surface area contributed by atoms with E-state index >= 15 is 0 Å². The van der Waals surface area contributed by atoms with Gasteiger partial charge in [0.05, 0.1) is 6.10 Å². The number of aryl methyl sites for hydroxylation is 1. The summed E-state index contributed by atoms with van der Waals surface area (Å²) in [6.45, 7) is 1.89. The van der Waals surface area contributed by atoms with Gasteiger partial charge in [-0.2, -0.15) is 0 Å². The Balaban J connectivity index is 2.42. The highest BCUT2D eigenvalue weighted by Crippen LogP contribution is 2.37. The number of aliphatic carboxylic acids is 1. The first-order chi connectivity index (χ1) is 7.11. The number of hydrogen-bond donors (Lipinski definition) is 2. The fourth-order valence-corrected chi connectivity index (χ4v) is 1.79. The molecule has 2 atom stereocenters. The molecular formula is C11H12O4. The van der Waals surface area contributed by atoms with Gasteiger partial charge in [-0.25, -0.2) is 0 Å². The number of hydrogen-bond acceptors (Lipinski definition) is 3. The van der Waals surface area contributed by atoms with Gasteiger partial charge in [0.2, 0.25) is 0 Å². The zero-order valence-corrected chi connectivity index (χ0v) is 8.30. The van der Waals surface area contributed by atoms with E-state index in [1.807, 2.05) is 13.0 Å². The van der Waals surface area contributed by atoms with Crippen molar-refractivity contribution < 1.29 is 19.7 Å². The molecule has 2 rings (SSSR count). The van der Waals surface area contributed by atoms with Crippen molar-refractivity contribution in [3.63, 3.8) is 0 Å². The highest BCUT2D eigenvalue weighted by molar-refractivity contribution is 5.72. The predicted molar refractivity (Wildman–Crippen MR) is 52.8 cm³/mol. The summed E-state index contributed by atoms with van der Waals surface area (Å²) < 4.78 is 5.36. The Labute approximate surface area is 87.1 Å². The minimum Gasteiger partial charge on any atom is -0.492 e. The number of carboxylic acid groups (broad SMARTS) is 1. The third-order valence-electron chi connectivity index (χ3n) is 2.67. The van der Waals surface area contributed by atoms with Crippen molar-refractivity contribution in [2.45, 2.75) is 13.0 Å². The van der Waals surface area contributed by atoms with Crippen molar-refractivity contribution in [3.8, 4) is 5.75 Å². The van der Waals surface area contributed by atoms with Crippen LogP contribution in [0.3, 0.4) is 0 Å². The number of benzene rings is 1. The Morgan fingerprint density at radius 3 is 2.93 bits per heavy atom. The van der Waals surface area contributed by atoms with Crippen LogP contribution < -0.4 is 4.74 Å². The van der Waals surface area contributed by atoms with Gasteiger partial charge in [0.15, 0.2) is 0 Å². The predicted octanol–water partition coefficient (Wildman–Crippen LogP) is 1.12. The zero-order valence-electron chi connectivity index (χ0n) is 8.30. The molecule has 1 aliphatic heterocycles. The quantitative estimate of drug-likeness (QED) is 0.725. The molecule has 1 aromatic rings. The number of fused-ring (bicyclic) bond motifs is 1. The maximum Gasteiger partial charge on any atom is 0.313 e. The molecule has 0 fully saturated rings.